The van der Waals surface area contributed by atoms with E-state index in [9.17, 15) is 14.4 Å². The van der Waals surface area contributed by atoms with E-state index in [0.717, 1.165) is 5.56 Å². The molecule has 0 radical (unpaired) electrons. The third-order valence-corrected chi connectivity index (χ3v) is 8.01. The Balaban J connectivity index is 0.000000657. The number of carbonyl (C=O) groups is 3. The molecule has 0 bridgehead atoms. The van der Waals surface area contributed by atoms with E-state index < -0.39 is 0 Å². The largest absolute Gasteiger partial charge is 0.421 e. The minimum Gasteiger partial charge on any atom is -0.421 e. The van der Waals surface area contributed by atoms with Crippen LogP contribution in [0.4, 0.5) is 0 Å². The molecule has 3 N–H and O–H groups in total. The van der Waals surface area contributed by atoms with Crippen molar-refractivity contribution in [2.45, 2.75) is 130 Å². The Hall–Kier alpha value is -3.57. The van der Waals surface area contributed by atoms with E-state index in [1.54, 1.807) is 24.3 Å². The Bertz CT molecular complexity index is 1140. The monoisotopic (exact) mass is 699 g/mol. The van der Waals surface area contributed by atoms with Crippen LogP contribution in [0.15, 0.2) is 41.0 Å². The maximum Gasteiger partial charge on any atom is 0.251 e. The summed E-state index contributed by atoms with van der Waals surface area (Å²) in [6.45, 7) is 12.3. The molecule has 0 aliphatic rings. The topological polar surface area (TPSA) is 145 Å². The van der Waals surface area contributed by atoms with Gasteiger partial charge in [-0.2, -0.15) is 0 Å². The number of rotatable bonds is 30. The summed E-state index contributed by atoms with van der Waals surface area (Å²) >= 11 is 0. The number of aryl methyl sites for hydroxylation is 1. The lowest BCUT2D eigenvalue weighted by molar-refractivity contribution is -0.121. The summed E-state index contributed by atoms with van der Waals surface area (Å²) in [6, 6.07) is 6.93. The van der Waals surface area contributed by atoms with Crippen LogP contribution in [0.3, 0.4) is 0 Å². The zero-order valence-corrected chi connectivity index (χ0v) is 31.2. The van der Waals surface area contributed by atoms with Gasteiger partial charge in [0.05, 0.1) is 26.4 Å². The van der Waals surface area contributed by atoms with Crippen LogP contribution in [0.5, 0.6) is 0 Å². The summed E-state index contributed by atoms with van der Waals surface area (Å²) in [4.78, 5) is 34.1. The Morgan fingerprint density at radius 2 is 1.24 bits per heavy atom. The van der Waals surface area contributed by atoms with Crippen LogP contribution >= 0.6 is 0 Å². The molecule has 1 aromatic carbocycles. The average molecular weight is 700 g/mol. The summed E-state index contributed by atoms with van der Waals surface area (Å²) in [6.07, 6.45) is 22.3. The van der Waals surface area contributed by atoms with Crippen molar-refractivity contribution in [3.63, 3.8) is 0 Å². The first-order valence-corrected chi connectivity index (χ1v) is 19.0. The first kappa shape index (κ1) is 44.5. The van der Waals surface area contributed by atoms with Crippen molar-refractivity contribution in [2.75, 3.05) is 39.5 Å². The number of nitrogens with one attached hydrogen (secondary N) is 3. The second-order valence-corrected chi connectivity index (χ2v) is 12.4. The number of aromatic nitrogens is 2. The van der Waals surface area contributed by atoms with Crippen LogP contribution in [0, 0.1) is 0 Å². The van der Waals surface area contributed by atoms with Crippen molar-refractivity contribution in [3.05, 3.63) is 48.0 Å². The zero-order valence-electron chi connectivity index (χ0n) is 31.2. The number of carbonyl (C=O) groups excluding carboxylic acids is 3. The van der Waals surface area contributed by atoms with Gasteiger partial charge >= 0.3 is 0 Å². The van der Waals surface area contributed by atoms with Gasteiger partial charge in [-0.15, -0.1) is 10.2 Å². The van der Waals surface area contributed by atoms with Gasteiger partial charge in [-0.25, -0.2) is 0 Å². The predicted molar refractivity (Wildman–Crippen MR) is 200 cm³/mol. The van der Waals surface area contributed by atoms with Crippen molar-refractivity contribution in [1.29, 1.82) is 0 Å². The number of hydrogen-bond acceptors (Lipinski definition) is 8. The molecule has 2 aromatic rings. The fraction of sp³-hybridized carbons (Fsp3) is 0.667. The number of amides is 3. The van der Waals surface area contributed by atoms with Gasteiger partial charge in [-0.1, -0.05) is 117 Å². The molecule has 0 spiro atoms. The molecule has 2 rings (SSSR count). The lowest BCUT2D eigenvalue weighted by Crippen LogP contribution is -2.28. The first-order chi connectivity index (χ1) is 24.4. The van der Waals surface area contributed by atoms with Crippen LogP contribution in [0.2, 0.25) is 0 Å². The molecule has 0 atom stereocenters. The fourth-order valence-electron chi connectivity index (χ4n) is 4.98. The minimum atomic E-state index is -0.201. The average Bonchev–Trinajstić information content (AvgIpc) is 3.62. The highest BCUT2D eigenvalue weighted by atomic mass is 16.5. The molecule has 0 aliphatic carbocycles. The smallest absolute Gasteiger partial charge is 0.251 e. The molecule has 0 aliphatic heterocycles. The number of nitrogens with zero attached hydrogens (tertiary/aromatic N) is 2. The standard InChI is InChI=1S/C23H31N5O6.C16H34/c1-3-21-27-28-23(34-21)19-7-5-18(6-8-19)22(31)25-11-13-33-15-14-32-12-10-24-20(30)9-4-17(2)26-16-29;1-3-5-7-9-11-13-15-16-14-12-10-8-6-4-2/h5-8,16H,2-4,9-15H2,1H3,(H,24,30)(H,25,31)(H,26,29);3-16H2,1-2H3. The van der Waals surface area contributed by atoms with Crippen LogP contribution in [0.25, 0.3) is 11.5 Å². The second-order valence-electron chi connectivity index (χ2n) is 12.4. The maximum absolute atomic E-state index is 12.2. The number of hydrogen-bond donors (Lipinski definition) is 3. The third-order valence-electron chi connectivity index (χ3n) is 8.01. The van der Waals surface area contributed by atoms with E-state index >= 15 is 0 Å². The van der Waals surface area contributed by atoms with Crippen LogP contribution in [-0.4, -0.2) is 67.9 Å². The summed E-state index contributed by atoms with van der Waals surface area (Å²) in [5.41, 5.74) is 1.77. The van der Waals surface area contributed by atoms with Gasteiger partial charge in [0.15, 0.2) is 0 Å². The van der Waals surface area contributed by atoms with Gasteiger partial charge in [-0.05, 0) is 30.7 Å². The van der Waals surface area contributed by atoms with Gasteiger partial charge in [-0.3, -0.25) is 14.4 Å². The maximum atomic E-state index is 12.2. The molecule has 0 unspecified atom stereocenters. The number of ether oxygens (including phenoxy) is 2. The molecule has 50 heavy (non-hydrogen) atoms. The second kappa shape index (κ2) is 31.4. The molecule has 3 amide bonds. The number of benzene rings is 1. The van der Waals surface area contributed by atoms with Gasteiger partial charge in [0.25, 0.3) is 5.91 Å². The molecule has 0 fully saturated rings. The highest BCUT2D eigenvalue weighted by Crippen LogP contribution is 2.18. The Morgan fingerprint density at radius 3 is 1.72 bits per heavy atom. The number of allylic oxidation sites excluding steroid dienone is 1. The summed E-state index contributed by atoms with van der Waals surface area (Å²) in [5.74, 6) is 0.654. The van der Waals surface area contributed by atoms with Crippen molar-refractivity contribution < 1.29 is 28.3 Å². The molecule has 11 heteroatoms. The van der Waals surface area contributed by atoms with Gasteiger partial charge in [0, 0.05) is 42.8 Å². The van der Waals surface area contributed by atoms with Gasteiger partial charge < -0.3 is 29.8 Å². The summed E-state index contributed by atoms with van der Waals surface area (Å²) < 4.78 is 16.3. The van der Waals surface area contributed by atoms with Crippen LogP contribution < -0.4 is 16.0 Å². The molecule has 1 aromatic heterocycles. The molecule has 0 saturated heterocycles. The van der Waals surface area contributed by atoms with Crippen molar-refractivity contribution in [3.8, 4) is 11.5 Å². The number of unbranched alkanes of at least 4 members (excludes halogenated alkanes) is 13. The summed E-state index contributed by atoms with van der Waals surface area (Å²) in [5, 5.41) is 15.8. The van der Waals surface area contributed by atoms with Crippen LogP contribution in [-0.2, 0) is 25.5 Å². The Kier molecular flexibility index (Phi) is 27.9. The van der Waals surface area contributed by atoms with E-state index in [4.69, 9.17) is 13.9 Å². The lowest BCUT2D eigenvalue weighted by Gasteiger charge is -2.08. The van der Waals surface area contributed by atoms with Crippen LogP contribution in [0.1, 0.15) is 140 Å². The van der Waals surface area contributed by atoms with E-state index in [1.807, 2.05) is 6.92 Å². The van der Waals surface area contributed by atoms with E-state index in [2.05, 4.69) is 46.6 Å². The predicted octanol–water partition coefficient (Wildman–Crippen LogP) is 7.71. The van der Waals surface area contributed by atoms with E-state index in [1.165, 1.54) is 89.9 Å². The van der Waals surface area contributed by atoms with Crippen molar-refractivity contribution >= 4 is 18.2 Å². The molecule has 11 nitrogen and oxygen atoms in total. The molecular formula is C39H65N5O6. The summed E-state index contributed by atoms with van der Waals surface area (Å²) in [7, 11) is 0. The van der Waals surface area contributed by atoms with Gasteiger partial charge in [0.1, 0.15) is 0 Å². The highest BCUT2D eigenvalue weighted by Gasteiger charge is 2.10. The zero-order chi connectivity index (χ0) is 36.5. The SMILES string of the molecule is C=C(CCC(=O)NCCOCCOCCNC(=O)c1ccc(-c2nnc(CC)o2)cc1)NC=O.CCCCCCCCCCCCCCCC. The Labute approximate surface area is 301 Å². The molecular weight excluding hydrogens is 634 g/mol. The molecule has 282 valence electrons. The third kappa shape index (κ3) is 23.7. The molecule has 0 saturated carbocycles. The normalized spacial score (nSPS) is 10.6. The quantitative estimate of drug-likeness (QED) is 0.0556. The van der Waals surface area contributed by atoms with Crippen molar-refractivity contribution in [1.82, 2.24) is 26.1 Å². The first-order valence-electron chi connectivity index (χ1n) is 19.0. The van der Waals surface area contributed by atoms with Crippen molar-refractivity contribution in [2.24, 2.45) is 0 Å². The minimum absolute atomic E-state index is 0.139. The fourth-order valence-corrected chi connectivity index (χ4v) is 4.98. The Morgan fingerprint density at radius 1 is 0.720 bits per heavy atom. The highest BCUT2D eigenvalue weighted by molar-refractivity contribution is 5.94. The molecule has 1 heterocycles. The van der Waals surface area contributed by atoms with Gasteiger partial charge in [0.2, 0.25) is 24.1 Å². The van der Waals surface area contributed by atoms with E-state index in [0.29, 0.717) is 81.8 Å². The van der Waals surface area contributed by atoms with E-state index in [-0.39, 0.29) is 18.2 Å². The lowest BCUT2D eigenvalue weighted by atomic mass is 10.0.